The van der Waals surface area contributed by atoms with Crippen molar-refractivity contribution < 1.29 is 14.7 Å². The number of thioether (sulfide) groups is 1. The Morgan fingerprint density at radius 1 is 1.00 bits per heavy atom. The van der Waals surface area contributed by atoms with Crippen LogP contribution in [0.15, 0.2) is 52.3 Å². The van der Waals surface area contributed by atoms with Crippen molar-refractivity contribution in [1.29, 1.82) is 0 Å². The Morgan fingerprint density at radius 2 is 1.70 bits per heavy atom. The highest BCUT2D eigenvalue weighted by molar-refractivity contribution is 8.26. The molecule has 0 aliphatic carbocycles. The van der Waals surface area contributed by atoms with Crippen LogP contribution in [-0.2, 0) is 22.6 Å². The number of amides is 1. The fourth-order valence-electron chi connectivity index (χ4n) is 5.77. The molecule has 1 amide bonds. The van der Waals surface area contributed by atoms with E-state index in [0.717, 1.165) is 69.9 Å². The molecule has 1 saturated heterocycles. The zero-order valence-corrected chi connectivity index (χ0v) is 26.2. The topological polar surface area (TPSA) is 95.2 Å². The molecule has 2 aliphatic heterocycles. The van der Waals surface area contributed by atoms with Crippen molar-refractivity contribution in [3.05, 3.63) is 80.1 Å². The SMILES string of the molecule is Cc1cccn2c(=O)c(/C=C3/SC(=S)N(CCCCCCCCCCC(=O)O)C3=O)c(N3CCc4ccccc4C3)nc12. The molecule has 10 heteroatoms. The van der Waals surface area contributed by atoms with Crippen molar-refractivity contribution in [2.75, 3.05) is 18.0 Å². The van der Waals surface area contributed by atoms with Crippen molar-refractivity contribution in [3.63, 3.8) is 0 Å². The lowest BCUT2D eigenvalue weighted by Gasteiger charge is -2.31. The van der Waals surface area contributed by atoms with E-state index in [1.165, 1.54) is 22.9 Å². The molecular formula is C33H38N4O4S2. The van der Waals surface area contributed by atoms with E-state index in [-0.39, 0.29) is 17.9 Å². The molecule has 0 saturated carbocycles. The highest BCUT2D eigenvalue weighted by atomic mass is 32.2. The standard InChI is InChI=1S/C33H38N4O4S2/c1-23-13-12-19-36-29(23)34-30(35-20-17-24-14-9-10-15-25(24)22-35)26(31(36)40)21-27-32(41)37(33(42)43-27)18-11-7-5-3-2-4-6-8-16-28(38)39/h9-10,12-15,19,21H,2-8,11,16-18,20,22H2,1H3,(H,38,39)/b27-21+. The number of carbonyl (C=O) groups excluding carboxylic acids is 1. The summed E-state index contributed by atoms with van der Waals surface area (Å²) in [4.78, 5) is 47.2. The van der Waals surface area contributed by atoms with Gasteiger partial charge in [-0.2, -0.15) is 0 Å². The van der Waals surface area contributed by atoms with Crippen LogP contribution in [0.4, 0.5) is 5.82 Å². The molecular weight excluding hydrogens is 581 g/mol. The van der Waals surface area contributed by atoms with Crippen molar-refractivity contribution in [2.45, 2.75) is 77.7 Å². The second kappa shape index (κ2) is 14.3. The van der Waals surface area contributed by atoms with Gasteiger partial charge in [-0.15, -0.1) is 0 Å². The molecule has 1 fully saturated rings. The minimum absolute atomic E-state index is 0.155. The molecule has 0 spiro atoms. The number of aromatic nitrogens is 2. The Morgan fingerprint density at radius 3 is 2.44 bits per heavy atom. The van der Waals surface area contributed by atoms with Gasteiger partial charge in [0.2, 0.25) is 0 Å². The van der Waals surface area contributed by atoms with Gasteiger partial charge in [-0.1, -0.05) is 92.8 Å². The van der Waals surface area contributed by atoms with Crippen LogP contribution in [-0.4, -0.2) is 48.7 Å². The number of thiocarbonyl (C=S) groups is 1. The van der Waals surface area contributed by atoms with E-state index >= 15 is 0 Å². The number of anilines is 1. The number of carboxylic acids is 1. The van der Waals surface area contributed by atoms with Gasteiger partial charge in [-0.25, -0.2) is 4.98 Å². The fourth-order valence-corrected chi connectivity index (χ4v) is 7.07. The van der Waals surface area contributed by atoms with Crippen LogP contribution in [0.1, 0.15) is 80.0 Å². The monoisotopic (exact) mass is 618 g/mol. The smallest absolute Gasteiger partial charge is 0.303 e. The summed E-state index contributed by atoms with van der Waals surface area (Å²) in [5.74, 6) is -0.283. The van der Waals surface area contributed by atoms with Gasteiger partial charge in [-0.05, 0) is 55.0 Å². The van der Waals surface area contributed by atoms with Crippen molar-refractivity contribution in [3.8, 4) is 0 Å². The predicted octanol–water partition coefficient (Wildman–Crippen LogP) is 6.36. The number of carboxylic acid groups (broad SMARTS) is 1. The largest absolute Gasteiger partial charge is 0.481 e. The molecule has 0 unspecified atom stereocenters. The summed E-state index contributed by atoms with van der Waals surface area (Å²) in [6, 6.07) is 12.1. The molecule has 5 rings (SSSR count). The van der Waals surface area contributed by atoms with E-state index in [9.17, 15) is 14.4 Å². The Bertz CT molecular complexity index is 1620. The molecule has 226 valence electrons. The number of benzene rings is 1. The molecule has 1 aromatic carbocycles. The van der Waals surface area contributed by atoms with Gasteiger partial charge >= 0.3 is 5.97 Å². The summed E-state index contributed by atoms with van der Waals surface area (Å²) in [5, 5.41) is 8.72. The van der Waals surface area contributed by atoms with Gasteiger partial charge in [0.15, 0.2) is 0 Å². The van der Waals surface area contributed by atoms with Gasteiger partial charge in [0.1, 0.15) is 15.8 Å². The number of unbranched alkanes of at least 4 members (excludes halogenated alkanes) is 7. The number of rotatable bonds is 13. The predicted molar refractivity (Wildman–Crippen MR) is 176 cm³/mol. The Hall–Kier alpha value is -3.50. The summed E-state index contributed by atoms with van der Waals surface area (Å²) >= 11 is 6.85. The van der Waals surface area contributed by atoms with Crippen LogP contribution in [0.25, 0.3) is 11.7 Å². The van der Waals surface area contributed by atoms with E-state index < -0.39 is 5.97 Å². The first-order chi connectivity index (χ1) is 20.8. The van der Waals surface area contributed by atoms with Gasteiger partial charge in [-0.3, -0.25) is 23.7 Å². The van der Waals surface area contributed by atoms with Crippen LogP contribution >= 0.6 is 24.0 Å². The average Bonchev–Trinajstić information content (AvgIpc) is 3.26. The first kappa shape index (κ1) is 30.9. The Kier molecular flexibility index (Phi) is 10.3. The van der Waals surface area contributed by atoms with Gasteiger partial charge in [0.25, 0.3) is 11.5 Å². The van der Waals surface area contributed by atoms with Crippen LogP contribution in [0.3, 0.4) is 0 Å². The summed E-state index contributed by atoms with van der Waals surface area (Å²) in [5.41, 5.74) is 4.27. The molecule has 0 atom stereocenters. The van der Waals surface area contributed by atoms with Gasteiger partial charge < -0.3 is 10.0 Å². The fraction of sp³-hybridized carbons (Fsp3) is 0.424. The molecule has 8 nitrogen and oxygen atoms in total. The van der Waals surface area contributed by atoms with Crippen LogP contribution in [0, 0.1) is 6.92 Å². The molecule has 2 aromatic heterocycles. The molecule has 1 N–H and O–H groups in total. The van der Waals surface area contributed by atoms with Crippen LogP contribution in [0.2, 0.25) is 0 Å². The Labute approximate surface area is 261 Å². The summed E-state index contributed by atoms with van der Waals surface area (Å²) in [6.45, 7) is 3.89. The minimum Gasteiger partial charge on any atom is -0.481 e. The first-order valence-electron chi connectivity index (χ1n) is 15.1. The third-order valence-electron chi connectivity index (χ3n) is 8.17. The minimum atomic E-state index is -0.726. The molecule has 3 aromatic rings. The lowest BCUT2D eigenvalue weighted by Crippen LogP contribution is -2.34. The van der Waals surface area contributed by atoms with Gasteiger partial charge in [0.05, 0.1) is 10.5 Å². The van der Waals surface area contributed by atoms with Crippen LogP contribution < -0.4 is 10.5 Å². The third-order valence-corrected chi connectivity index (χ3v) is 9.54. The van der Waals surface area contributed by atoms with E-state index in [4.69, 9.17) is 22.3 Å². The summed E-state index contributed by atoms with van der Waals surface area (Å²) in [7, 11) is 0. The van der Waals surface area contributed by atoms with Crippen molar-refractivity contribution in [1.82, 2.24) is 14.3 Å². The normalized spacial score (nSPS) is 16.0. The zero-order valence-electron chi connectivity index (χ0n) is 24.6. The van der Waals surface area contributed by atoms with E-state index in [2.05, 4.69) is 23.1 Å². The summed E-state index contributed by atoms with van der Waals surface area (Å²) in [6.07, 6.45) is 12.4. The van der Waals surface area contributed by atoms with Gasteiger partial charge in [0, 0.05) is 32.3 Å². The number of pyridine rings is 1. The number of hydrogen-bond acceptors (Lipinski definition) is 7. The molecule has 0 bridgehead atoms. The Balaban J connectivity index is 1.28. The molecule has 4 heterocycles. The number of carbonyl (C=O) groups is 2. The molecule has 0 radical (unpaired) electrons. The van der Waals surface area contributed by atoms with Crippen molar-refractivity contribution in [2.24, 2.45) is 0 Å². The average molecular weight is 619 g/mol. The molecule has 43 heavy (non-hydrogen) atoms. The zero-order chi connectivity index (χ0) is 30.3. The van der Waals surface area contributed by atoms with Crippen molar-refractivity contribution >= 4 is 57.7 Å². The maximum Gasteiger partial charge on any atom is 0.303 e. The first-order valence-corrected chi connectivity index (χ1v) is 16.4. The quantitative estimate of drug-likeness (QED) is 0.134. The van der Waals surface area contributed by atoms with E-state index in [1.807, 2.05) is 25.1 Å². The maximum absolute atomic E-state index is 13.9. The number of aryl methyl sites for hydroxylation is 1. The third kappa shape index (κ3) is 7.36. The highest BCUT2D eigenvalue weighted by Gasteiger charge is 2.33. The summed E-state index contributed by atoms with van der Waals surface area (Å²) < 4.78 is 2.09. The maximum atomic E-state index is 13.9. The van der Waals surface area contributed by atoms with E-state index in [0.29, 0.717) is 39.3 Å². The lowest BCUT2D eigenvalue weighted by atomic mass is 9.99. The van der Waals surface area contributed by atoms with E-state index in [1.54, 1.807) is 21.6 Å². The number of aliphatic carboxylic acids is 1. The lowest BCUT2D eigenvalue weighted by molar-refractivity contribution is -0.137. The number of fused-ring (bicyclic) bond motifs is 2. The number of hydrogen-bond donors (Lipinski definition) is 1. The molecule has 2 aliphatic rings. The van der Waals surface area contributed by atoms with Crippen LogP contribution in [0.5, 0.6) is 0 Å². The second-order valence-corrected chi connectivity index (χ2v) is 13.0. The highest BCUT2D eigenvalue weighted by Crippen LogP contribution is 2.34. The number of nitrogens with zero attached hydrogens (tertiary/aromatic N) is 4. The second-order valence-electron chi connectivity index (χ2n) is 11.3.